The van der Waals surface area contributed by atoms with Crippen LogP contribution in [0, 0.1) is 13.8 Å². The molecule has 0 spiro atoms. The van der Waals surface area contributed by atoms with Crippen LogP contribution in [0.3, 0.4) is 0 Å². The highest BCUT2D eigenvalue weighted by Crippen LogP contribution is 2.61. The third kappa shape index (κ3) is 7.49. The van der Waals surface area contributed by atoms with E-state index in [2.05, 4.69) is 252 Å². The zero-order valence-corrected chi connectivity index (χ0v) is 38.8. The lowest BCUT2D eigenvalue weighted by Gasteiger charge is -2.36. The van der Waals surface area contributed by atoms with Gasteiger partial charge in [0.15, 0.2) is 0 Å². The minimum atomic E-state index is -0.533. The number of benzene rings is 9. The van der Waals surface area contributed by atoms with Crippen LogP contribution in [0.4, 0.5) is 17.1 Å². The third-order valence-electron chi connectivity index (χ3n) is 13.9. The predicted molar refractivity (Wildman–Crippen MR) is 282 cm³/mol. The van der Waals surface area contributed by atoms with E-state index in [-0.39, 0.29) is 5.41 Å². The summed E-state index contributed by atoms with van der Waals surface area (Å²) in [5, 5.41) is 2.64. The maximum atomic E-state index is 2.55. The molecule has 9 aromatic carbocycles. The summed E-state index contributed by atoms with van der Waals surface area (Å²) in [6.45, 7) is 11.3. The summed E-state index contributed by atoms with van der Waals surface area (Å²) in [5.74, 6) is 0. The lowest BCUT2D eigenvalue weighted by atomic mass is 9.66. The second-order valence-electron chi connectivity index (χ2n) is 18.6. The molecule has 0 saturated carbocycles. The van der Waals surface area contributed by atoms with Crippen molar-refractivity contribution in [3.05, 3.63) is 281 Å². The van der Waals surface area contributed by atoms with Gasteiger partial charge in [0.25, 0.3) is 0 Å². The molecular formula is C65H57N. The molecule has 1 atom stereocenters. The van der Waals surface area contributed by atoms with Crippen LogP contribution in [0.15, 0.2) is 236 Å². The maximum Gasteiger partial charge on any atom is 0.0714 e. The Balaban J connectivity index is 0.000000313. The molecule has 0 saturated heterocycles. The van der Waals surface area contributed by atoms with Crippen molar-refractivity contribution in [1.82, 2.24) is 0 Å². The highest BCUT2D eigenvalue weighted by atomic mass is 15.1. The van der Waals surface area contributed by atoms with Crippen molar-refractivity contribution >= 4 is 27.8 Å². The van der Waals surface area contributed by atoms with Crippen LogP contribution < -0.4 is 4.90 Å². The lowest BCUT2D eigenvalue weighted by Crippen LogP contribution is -2.29. The van der Waals surface area contributed by atoms with Crippen LogP contribution in [-0.2, 0) is 10.8 Å². The lowest BCUT2D eigenvalue weighted by molar-refractivity contribution is 0.661. The van der Waals surface area contributed by atoms with Gasteiger partial charge in [-0.05, 0) is 130 Å². The Bertz CT molecular complexity index is 3190. The molecule has 0 N–H and O–H groups in total. The molecule has 66 heavy (non-hydrogen) atoms. The van der Waals surface area contributed by atoms with E-state index < -0.39 is 5.41 Å². The minimum absolute atomic E-state index is 0.171. The molecule has 0 amide bonds. The van der Waals surface area contributed by atoms with Gasteiger partial charge in [0.05, 0.1) is 11.1 Å². The van der Waals surface area contributed by atoms with Crippen LogP contribution in [0.2, 0.25) is 0 Å². The SMILES string of the molecule is CC1=CC=CCC1.Cc1cc(N(c2ccccc2)c2ccccc2)c2c(c1)C(c1ccccc1)(c1ccc3c(c1)C(C)(C)c1c-3ccc3ccccc13)c1ccccc1-2.Cc1ccccc1. The predicted octanol–water partition coefficient (Wildman–Crippen LogP) is 17.6. The summed E-state index contributed by atoms with van der Waals surface area (Å²) >= 11 is 0. The third-order valence-corrected chi connectivity index (χ3v) is 13.9. The van der Waals surface area contributed by atoms with Gasteiger partial charge in [-0.15, -0.1) is 0 Å². The van der Waals surface area contributed by atoms with Crippen LogP contribution in [0.25, 0.3) is 33.0 Å². The Labute approximate surface area is 392 Å². The van der Waals surface area contributed by atoms with Crippen LogP contribution in [0.5, 0.6) is 0 Å². The molecular weight excluding hydrogens is 795 g/mol. The number of hydrogen-bond acceptors (Lipinski definition) is 1. The fraction of sp³-hybridized carbons (Fsp3) is 0.138. The first-order valence-corrected chi connectivity index (χ1v) is 23.5. The van der Waals surface area contributed by atoms with Crippen molar-refractivity contribution in [3.8, 4) is 22.3 Å². The Morgan fingerprint density at radius 3 is 1.68 bits per heavy atom. The molecule has 9 aromatic rings. The summed E-state index contributed by atoms with van der Waals surface area (Å²) in [6, 6.07) is 77.9. The standard InChI is InChI=1S/C51H39N.C7H10.C7H8/c1-34-31-46-48(47(32-34)52(38-20-9-5-10-21-38)39-22-11-6-12-23-39)43-25-15-16-26-44(43)51(46,36-18-7-4-8-19-36)37-28-30-41-42-29-27-35-17-13-14-24-40(35)49(42)50(2,3)45(41)33-37;2*1-7-5-3-2-4-6-7/h4-33H,1-3H3;2-3,5H,4,6H2,1H3;2-6H,1H3. The van der Waals surface area contributed by atoms with E-state index in [4.69, 9.17) is 0 Å². The first-order chi connectivity index (χ1) is 32.3. The van der Waals surface area contributed by atoms with Crippen molar-refractivity contribution in [2.24, 2.45) is 0 Å². The van der Waals surface area contributed by atoms with Gasteiger partial charge in [-0.2, -0.15) is 0 Å². The number of hydrogen-bond donors (Lipinski definition) is 0. The Morgan fingerprint density at radius 1 is 0.455 bits per heavy atom. The fourth-order valence-electron chi connectivity index (χ4n) is 10.8. The van der Waals surface area contributed by atoms with Gasteiger partial charge in [-0.3, -0.25) is 0 Å². The minimum Gasteiger partial charge on any atom is -0.310 e. The van der Waals surface area contributed by atoms with E-state index in [0.29, 0.717) is 0 Å². The smallest absolute Gasteiger partial charge is 0.0714 e. The summed E-state index contributed by atoms with van der Waals surface area (Å²) in [7, 11) is 0. The molecule has 0 fully saturated rings. The second kappa shape index (κ2) is 17.8. The Hall–Kier alpha value is -7.48. The summed E-state index contributed by atoms with van der Waals surface area (Å²) in [5.41, 5.74) is 20.1. The van der Waals surface area contributed by atoms with Gasteiger partial charge in [0.2, 0.25) is 0 Å². The van der Waals surface area contributed by atoms with E-state index in [1.807, 2.05) is 18.2 Å². The van der Waals surface area contributed by atoms with E-state index >= 15 is 0 Å². The quantitative estimate of drug-likeness (QED) is 0.167. The largest absolute Gasteiger partial charge is 0.310 e. The molecule has 0 radical (unpaired) electrons. The fourth-order valence-corrected chi connectivity index (χ4v) is 10.8. The number of anilines is 3. The number of para-hydroxylation sites is 2. The van der Waals surface area contributed by atoms with Crippen molar-refractivity contribution in [3.63, 3.8) is 0 Å². The number of rotatable bonds is 5. The molecule has 322 valence electrons. The maximum absolute atomic E-state index is 2.55. The molecule has 1 nitrogen and oxygen atoms in total. The van der Waals surface area contributed by atoms with Crippen molar-refractivity contribution in [2.45, 2.75) is 58.3 Å². The zero-order chi connectivity index (χ0) is 45.3. The van der Waals surface area contributed by atoms with Gasteiger partial charge < -0.3 is 4.90 Å². The van der Waals surface area contributed by atoms with E-state index in [9.17, 15) is 0 Å². The summed E-state index contributed by atoms with van der Waals surface area (Å²) in [6.07, 6.45) is 8.99. The molecule has 0 bridgehead atoms. The first-order valence-electron chi connectivity index (χ1n) is 23.5. The van der Waals surface area contributed by atoms with Gasteiger partial charge in [0, 0.05) is 22.4 Å². The van der Waals surface area contributed by atoms with Crippen molar-refractivity contribution in [2.75, 3.05) is 4.90 Å². The highest BCUT2D eigenvalue weighted by Gasteiger charge is 2.49. The van der Waals surface area contributed by atoms with E-state index in [0.717, 1.165) is 11.4 Å². The van der Waals surface area contributed by atoms with Gasteiger partial charge in [-0.25, -0.2) is 0 Å². The van der Waals surface area contributed by atoms with Crippen LogP contribution in [-0.4, -0.2) is 0 Å². The summed E-state index contributed by atoms with van der Waals surface area (Å²) < 4.78 is 0. The number of fused-ring (bicyclic) bond motifs is 8. The first kappa shape index (κ1) is 42.5. The van der Waals surface area contributed by atoms with Gasteiger partial charge >= 0.3 is 0 Å². The Kier molecular flexibility index (Phi) is 11.5. The van der Waals surface area contributed by atoms with Crippen LogP contribution in [0.1, 0.15) is 78.1 Å². The van der Waals surface area contributed by atoms with Gasteiger partial charge in [-0.1, -0.05) is 225 Å². The van der Waals surface area contributed by atoms with E-state index in [1.54, 1.807) is 0 Å². The molecule has 1 unspecified atom stereocenters. The van der Waals surface area contributed by atoms with Crippen molar-refractivity contribution in [1.29, 1.82) is 0 Å². The average molecular weight is 852 g/mol. The number of allylic oxidation sites excluding steroid dienone is 4. The monoisotopic (exact) mass is 851 g/mol. The summed E-state index contributed by atoms with van der Waals surface area (Å²) in [4.78, 5) is 2.44. The van der Waals surface area contributed by atoms with Crippen LogP contribution >= 0.6 is 0 Å². The van der Waals surface area contributed by atoms with E-state index in [1.165, 1.54) is 102 Å². The number of aryl methyl sites for hydroxylation is 2. The van der Waals surface area contributed by atoms with Crippen molar-refractivity contribution < 1.29 is 0 Å². The molecule has 1 heteroatoms. The zero-order valence-electron chi connectivity index (χ0n) is 38.8. The molecule has 0 aromatic heterocycles. The normalized spacial score (nSPS) is 15.7. The number of nitrogens with zero attached hydrogens (tertiary/aromatic N) is 1. The molecule has 3 aliphatic carbocycles. The topological polar surface area (TPSA) is 3.24 Å². The molecule has 0 aliphatic heterocycles. The average Bonchev–Trinajstić information content (AvgIpc) is 3.78. The molecule has 3 aliphatic rings. The second-order valence-corrected chi connectivity index (χ2v) is 18.6. The van der Waals surface area contributed by atoms with Gasteiger partial charge in [0.1, 0.15) is 0 Å². The Morgan fingerprint density at radius 2 is 1.06 bits per heavy atom. The molecule has 0 heterocycles. The molecule has 12 rings (SSSR count). The highest BCUT2D eigenvalue weighted by molar-refractivity contribution is 6.00.